The van der Waals surface area contributed by atoms with Crippen molar-refractivity contribution in [1.82, 2.24) is 0 Å². The second-order valence-corrected chi connectivity index (χ2v) is 4.80. The SMILES string of the molecule is CCCCCCC=CC(=O)O.COc1cc(CN)ccc1O. The maximum Gasteiger partial charge on any atom is 0.327 e. The smallest absolute Gasteiger partial charge is 0.327 e. The summed E-state index contributed by atoms with van der Waals surface area (Å²) in [6.07, 6.45) is 8.62. The fourth-order valence-electron chi connectivity index (χ4n) is 1.72. The van der Waals surface area contributed by atoms with E-state index in [-0.39, 0.29) is 5.75 Å². The number of benzene rings is 1. The number of nitrogens with two attached hydrogens (primary N) is 1. The molecule has 0 saturated heterocycles. The minimum Gasteiger partial charge on any atom is -0.504 e. The van der Waals surface area contributed by atoms with Gasteiger partial charge in [0, 0.05) is 12.6 Å². The first-order valence-corrected chi connectivity index (χ1v) is 7.50. The van der Waals surface area contributed by atoms with E-state index in [2.05, 4.69) is 6.92 Å². The Hall–Kier alpha value is -2.01. The molecular weight excluding hydrogens is 282 g/mol. The van der Waals surface area contributed by atoms with Crippen molar-refractivity contribution in [3.63, 3.8) is 0 Å². The van der Waals surface area contributed by atoms with Crippen LogP contribution in [0.15, 0.2) is 30.4 Å². The van der Waals surface area contributed by atoms with E-state index in [0.29, 0.717) is 12.3 Å². The number of hydrogen-bond donors (Lipinski definition) is 3. The monoisotopic (exact) mass is 309 g/mol. The molecule has 0 heterocycles. The second-order valence-electron chi connectivity index (χ2n) is 4.80. The number of aromatic hydroxyl groups is 1. The molecule has 0 amide bonds. The number of methoxy groups -OCH3 is 1. The number of allylic oxidation sites excluding steroid dienone is 1. The third-order valence-electron chi connectivity index (χ3n) is 2.96. The Morgan fingerprint density at radius 3 is 2.59 bits per heavy atom. The molecule has 0 aliphatic heterocycles. The third kappa shape index (κ3) is 9.83. The number of hydrogen-bond acceptors (Lipinski definition) is 4. The van der Waals surface area contributed by atoms with Crippen LogP contribution in [0.2, 0.25) is 0 Å². The normalized spacial score (nSPS) is 10.1. The van der Waals surface area contributed by atoms with Gasteiger partial charge in [-0.25, -0.2) is 4.79 Å². The van der Waals surface area contributed by atoms with Crippen LogP contribution in [0.1, 0.15) is 44.6 Å². The van der Waals surface area contributed by atoms with E-state index in [4.69, 9.17) is 20.7 Å². The molecule has 0 atom stereocenters. The molecule has 0 bridgehead atoms. The Labute approximate surface area is 132 Å². The zero-order valence-corrected chi connectivity index (χ0v) is 13.4. The third-order valence-corrected chi connectivity index (χ3v) is 2.96. The summed E-state index contributed by atoms with van der Waals surface area (Å²) in [6, 6.07) is 5.05. The molecule has 1 aromatic rings. The van der Waals surface area contributed by atoms with E-state index in [1.165, 1.54) is 32.4 Å². The molecule has 1 aromatic carbocycles. The molecule has 0 radical (unpaired) electrons. The predicted molar refractivity (Wildman–Crippen MR) is 88.1 cm³/mol. The van der Waals surface area contributed by atoms with E-state index in [1.807, 2.05) is 0 Å². The topological polar surface area (TPSA) is 92.8 Å². The summed E-state index contributed by atoms with van der Waals surface area (Å²) < 4.78 is 4.88. The van der Waals surface area contributed by atoms with Crippen molar-refractivity contribution in [2.24, 2.45) is 5.73 Å². The molecule has 0 spiro atoms. The second kappa shape index (κ2) is 12.7. The van der Waals surface area contributed by atoms with Gasteiger partial charge in [0.25, 0.3) is 0 Å². The zero-order chi connectivity index (χ0) is 16.8. The lowest BCUT2D eigenvalue weighted by Gasteiger charge is -2.03. The maximum atomic E-state index is 10.0. The highest BCUT2D eigenvalue weighted by molar-refractivity contribution is 5.79. The van der Waals surface area contributed by atoms with Gasteiger partial charge in [-0.1, -0.05) is 38.3 Å². The minimum absolute atomic E-state index is 0.143. The summed E-state index contributed by atoms with van der Waals surface area (Å²) in [6.45, 7) is 2.61. The van der Waals surface area contributed by atoms with E-state index < -0.39 is 5.97 Å². The molecule has 5 nitrogen and oxygen atoms in total. The number of unbranched alkanes of at least 4 members (excludes halogenated alkanes) is 4. The van der Waals surface area contributed by atoms with Gasteiger partial charge in [-0.2, -0.15) is 0 Å². The van der Waals surface area contributed by atoms with Crippen LogP contribution in [0.5, 0.6) is 11.5 Å². The highest BCUT2D eigenvalue weighted by Gasteiger charge is 2.00. The predicted octanol–water partition coefficient (Wildman–Crippen LogP) is 3.46. The van der Waals surface area contributed by atoms with Crippen LogP contribution in [-0.4, -0.2) is 23.3 Å². The minimum atomic E-state index is -0.847. The average Bonchev–Trinajstić information content (AvgIpc) is 2.51. The van der Waals surface area contributed by atoms with Crippen LogP contribution in [0.25, 0.3) is 0 Å². The number of carboxylic acids is 1. The van der Waals surface area contributed by atoms with Crippen LogP contribution in [-0.2, 0) is 11.3 Å². The standard InChI is InChI=1S/C9H16O2.C8H11NO2/c1-2-3-4-5-6-7-8-9(10)11;1-11-8-4-6(5-9)2-3-7(8)10/h7-8H,2-6H2,1H3,(H,10,11);2-4,10H,5,9H2,1H3. The first-order chi connectivity index (χ1) is 10.5. The van der Waals surface area contributed by atoms with Gasteiger partial charge >= 0.3 is 5.97 Å². The van der Waals surface area contributed by atoms with Gasteiger partial charge in [-0.3, -0.25) is 0 Å². The molecule has 22 heavy (non-hydrogen) atoms. The van der Waals surface area contributed by atoms with Crippen LogP contribution < -0.4 is 10.5 Å². The van der Waals surface area contributed by atoms with Crippen molar-refractivity contribution < 1.29 is 19.7 Å². The Morgan fingerprint density at radius 1 is 1.32 bits per heavy atom. The van der Waals surface area contributed by atoms with Gasteiger partial charge in [-0.05, 0) is 30.5 Å². The van der Waals surface area contributed by atoms with Crippen molar-refractivity contribution in [2.75, 3.05) is 7.11 Å². The lowest BCUT2D eigenvalue weighted by molar-refractivity contribution is -0.131. The fraction of sp³-hybridized carbons (Fsp3) is 0.471. The average molecular weight is 309 g/mol. The summed E-state index contributed by atoms with van der Waals surface area (Å²) >= 11 is 0. The van der Waals surface area contributed by atoms with Gasteiger partial charge < -0.3 is 20.7 Å². The molecule has 5 heteroatoms. The summed E-state index contributed by atoms with van der Waals surface area (Å²) in [5.74, 6) is -0.238. The van der Waals surface area contributed by atoms with E-state index >= 15 is 0 Å². The Bertz CT molecular complexity index is 458. The maximum absolute atomic E-state index is 10.0. The lowest BCUT2D eigenvalue weighted by atomic mass is 10.1. The van der Waals surface area contributed by atoms with Crippen LogP contribution in [0, 0.1) is 0 Å². The van der Waals surface area contributed by atoms with Crippen LogP contribution >= 0.6 is 0 Å². The molecule has 0 aliphatic carbocycles. The van der Waals surface area contributed by atoms with Crippen molar-refractivity contribution in [3.8, 4) is 11.5 Å². The number of phenols is 1. The van der Waals surface area contributed by atoms with E-state index in [9.17, 15) is 4.79 Å². The van der Waals surface area contributed by atoms with Gasteiger partial charge in [0.15, 0.2) is 11.5 Å². The summed E-state index contributed by atoms with van der Waals surface area (Å²) in [7, 11) is 1.51. The molecule has 0 aliphatic rings. The van der Waals surface area contributed by atoms with E-state index in [1.54, 1.807) is 24.3 Å². The number of carbonyl (C=O) groups is 1. The number of phenolic OH excluding ortho intramolecular Hbond substituents is 1. The van der Waals surface area contributed by atoms with Crippen molar-refractivity contribution in [3.05, 3.63) is 35.9 Å². The first kappa shape index (κ1) is 20.0. The number of ether oxygens (including phenoxy) is 1. The van der Waals surface area contributed by atoms with E-state index in [0.717, 1.165) is 18.4 Å². The van der Waals surface area contributed by atoms with Crippen molar-refractivity contribution >= 4 is 5.97 Å². The number of rotatable bonds is 8. The molecule has 1 rings (SSSR count). The summed E-state index contributed by atoms with van der Waals surface area (Å²) in [5.41, 5.74) is 6.33. The molecule has 0 unspecified atom stereocenters. The van der Waals surface area contributed by atoms with Gasteiger partial charge in [0.05, 0.1) is 7.11 Å². The molecule has 4 N–H and O–H groups in total. The molecule has 0 saturated carbocycles. The first-order valence-electron chi connectivity index (χ1n) is 7.50. The highest BCUT2D eigenvalue weighted by atomic mass is 16.5. The van der Waals surface area contributed by atoms with Crippen LogP contribution in [0.3, 0.4) is 0 Å². The molecular formula is C17H27NO4. The Balaban J connectivity index is 0.000000401. The van der Waals surface area contributed by atoms with Gasteiger partial charge in [0.2, 0.25) is 0 Å². The van der Waals surface area contributed by atoms with Crippen molar-refractivity contribution in [1.29, 1.82) is 0 Å². The summed E-state index contributed by atoms with van der Waals surface area (Å²) in [4.78, 5) is 10.0. The number of aliphatic carboxylic acids is 1. The zero-order valence-electron chi connectivity index (χ0n) is 13.4. The number of carboxylic acid groups (broad SMARTS) is 1. The van der Waals surface area contributed by atoms with Gasteiger partial charge in [0.1, 0.15) is 0 Å². The fourth-order valence-corrected chi connectivity index (χ4v) is 1.72. The van der Waals surface area contributed by atoms with Crippen LogP contribution in [0.4, 0.5) is 0 Å². The quantitative estimate of drug-likeness (QED) is 0.505. The lowest BCUT2D eigenvalue weighted by Crippen LogP contribution is -1.96. The Morgan fingerprint density at radius 2 is 2.05 bits per heavy atom. The highest BCUT2D eigenvalue weighted by Crippen LogP contribution is 2.25. The van der Waals surface area contributed by atoms with Crippen molar-refractivity contribution in [2.45, 2.75) is 45.6 Å². The summed E-state index contributed by atoms with van der Waals surface area (Å²) in [5, 5.41) is 17.4. The molecule has 0 aromatic heterocycles. The molecule has 0 fully saturated rings. The Kier molecular flexibility index (Phi) is 11.5. The van der Waals surface area contributed by atoms with Gasteiger partial charge in [-0.15, -0.1) is 0 Å². The molecule has 124 valence electrons. The largest absolute Gasteiger partial charge is 0.504 e.